The van der Waals surface area contributed by atoms with Crippen molar-refractivity contribution in [2.75, 3.05) is 10.6 Å². The molecule has 0 saturated heterocycles. The lowest BCUT2D eigenvalue weighted by Crippen LogP contribution is -2.22. The van der Waals surface area contributed by atoms with Crippen LogP contribution in [0.2, 0.25) is 0 Å². The Morgan fingerprint density at radius 3 is 2.45 bits per heavy atom. The van der Waals surface area contributed by atoms with Crippen molar-refractivity contribution in [1.82, 2.24) is 0 Å². The van der Waals surface area contributed by atoms with E-state index in [4.69, 9.17) is 18.0 Å². The Morgan fingerprint density at radius 1 is 1.05 bits per heavy atom. The van der Waals surface area contributed by atoms with Gasteiger partial charge in [0.15, 0.2) is 10.9 Å². The van der Waals surface area contributed by atoms with Crippen LogP contribution in [0, 0.1) is 0 Å². The van der Waals surface area contributed by atoms with Gasteiger partial charge in [0.05, 0.1) is 11.3 Å². The number of hydrogen-bond donors (Lipinski definition) is 3. The van der Waals surface area contributed by atoms with Crippen LogP contribution in [0.5, 0.6) is 0 Å². The van der Waals surface area contributed by atoms with Gasteiger partial charge in [-0.3, -0.25) is 9.59 Å². The SMILES string of the molecule is CC(=O)c1cccc(NC(=S)Nc2ccccc2C(N)=O)c1. The summed E-state index contributed by atoms with van der Waals surface area (Å²) in [7, 11) is 0. The second-order valence-corrected chi connectivity index (χ2v) is 5.03. The van der Waals surface area contributed by atoms with E-state index in [-0.39, 0.29) is 5.78 Å². The Bertz CT molecular complexity index is 744. The number of ketones is 1. The molecule has 0 saturated carbocycles. The summed E-state index contributed by atoms with van der Waals surface area (Å²) in [5.41, 5.74) is 7.46. The molecule has 0 bridgehead atoms. The first-order valence-electron chi connectivity index (χ1n) is 6.55. The van der Waals surface area contributed by atoms with Gasteiger partial charge in [0, 0.05) is 11.3 Å². The van der Waals surface area contributed by atoms with Crippen molar-refractivity contribution in [3.8, 4) is 0 Å². The molecule has 2 aromatic carbocycles. The van der Waals surface area contributed by atoms with Crippen molar-refractivity contribution in [2.24, 2.45) is 5.73 Å². The van der Waals surface area contributed by atoms with Gasteiger partial charge in [-0.1, -0.05) is 24.3 Å². The smallest absolute Gasteiger partial charge is 0.250 e. The van der Waals surface area contributed by atoms with E-state index in [1.807, 2.05) is 0 Å². The zero-order chi connectivity index (χ0) is 16.1. The van der Waals surface area contributed by atoms with Crippen molar-refractivity contribution in [2.45, 2.75) is 6.92 Å². The number of amides is 1. The van der Waals surface area contributed by atoms with Gasteiger partial charge in [-0.05, 0) is 43.4 Å². The molecule has 0 aliphatic rings. The Hall–Kier alpha value is -2.73. The topological polar surface area (TPSA) is 84.2 Å². The third-order valence-electron chi connectivity index (χ3n) is 2.97. The zero-order valence-electron chi connectivity index (χ0n) is 11.9. The minimum Gasteiger partial charge on any atom is -0.366 e. The first kappa shape index (κ1) is 15.7. The van der Waals surface area contributed by atoms with E-state index >= 15 is 0 Å². The molecule has 0 unspecified atom stereocenters. The highest BCUT2D eigenvalue weighted by atomic mass is 32.1. The minimum absolute atomic E-state index is 0.0263. The van der Waals surface area contributed by atoms with Crippen LogP contribution < -0.4 is 16.4 Å². The molecule has 0 aliphatic heterocycles. The number of hydrogen-bond acceptors (Lipinski definition) is 3. The third-order valence-corrected chi connectivity index (χ3v) is 3.17. The van der Waals surface area contributed by atoms with E-state index < -0.39 is 5.91 Å². The predicted octanol–water partition coefficient (Wildman–Crippen LogP) is 2.80. The third kappa shape index (κ3) is 3.89. The van der Waals surface area contributed by atoms with Crippen molar-refractivity contribution in [3.63, 3.8) is 0 Å². The second-order valence-electron chi connectivity index (χ2n) is 4.63. The second kappa shape index (κ2) is 6.82. The molecule has 0 spiro atoms. The number of benzene rings is 2. The maximum Gasteiger partial charge on any atom is 0.250 e. The summed E-state index contributed by atoms with van der Waals surface area (Å²) >= 11 is 5.21. The molecule has 2 aromatic rings. The molecule has 112 valence electrons. The summed E-state index contributed by atoms with van der Waals surface area (Å²) in [6, 6.07) is 13.8. The highest BCUT2D eigenvalue weighted by Crippen LogP contribution is 2.16. The Balaban J connectivity index is 2.12. The van der Waals surface area contributed by atoms with E-state index in [0.29, 0.717) is 27.6 Å². The summed E-state index contributed by atoms with van der Waals surface area (Å²) in [4.78, 5) is 22.7. The average molecular weight is 313 g/mol. The number of nitrogens with two attached hydrogens (primary N) is 1. The van der Waals surface area contributed by atoms with Gasteiger partial charge in [-0.15, -0.1) is 0 Å². The van der Waals surface area contributed by atoms with Gasteiger partial charge in [-0.2, -0.15) is 0 Å². The average Bonchev–Trinajstić information content (AvgIpc) is 2.47. The minimum atomic E-state index is -0.538. The number of thiocarbonyl (C=S) groups is 1. The zero-order valence-corrected chi connectivity index (χ0v) is 12.7. The highest BCUT2D eigenvalue weighted by molar-refractivity contribution is 7.80. The number of primary amides is 1. The molecule has 5 nitrogen and oxygen atoms in total. The summed E-state index contributed by atoms with van der Waals surface area (Å²) in [5, 5.41) is 6.19. The summed E-state index contributed by atoms with van der Waals surface area (Å²) < 4.78 is 0. The standard InChI is InChI=1S/C16H15N3O2S/c1-10(20)11-5-4-6-12(9-11)18-16(22)19-14-8-3-2-7-13(14)15(17)21/h2-9H,1H3,(H2,17,21)(H2,18,19,22). The van der Waals surface area contributed by atoms with E-state index in [0.717, 1.165) is 0 Å². The summed E-state index contributed by atoms with van der Waals surface area (Å²) in [6.45, 7) is 1.50. The molecule has 4 N–H and O–H groups in total. The molecule has 0 aliphatic carbocycles. The Labute approximate surface area is 133 Å². The van der Waals surface area contributed by atoms with E-state index in [2.05, 4.69) is 10.6 Å². The number of carbonyl (C=O) groups excluding carboxylic acids is 2. The predicted molar refractivity (Wildman–Crippen MR) is 91.2 cm³/mol. The number of Topliss-reactive ketones (excluding diaryl/α,β-unsaturated/α-hetero) is 1. The monoisotopic (exact) mass is 313 g/mol. The molecule has 0 aromatic heterocycles. The molecule has 6 heteroatoms. The fraction of sp³-hybridized carbons (Fsp3) is 0.0625. The molecule has 0 atom stereocenters. The van der Waals surface area contributed by atoms with Crippen LogP contribution in [0.25, 0.3) is 0 Å². The number of para-hydroxylation sites is 1. The summed E-state index contributed by atoms with van der Waals surface area (Å²) in [6.07, 6.45) is 0. The number of nitrogens with one attached hydrogen (secondary N) is 2. The van der Waals surface area contributed by atoms with E-state index in [9.17, 15) is 9.59 Å². The van der Waals surface area contributed by atoms with Crippen molar-refractivity contribution >= 4 is 40.4 Å². The van der Waals surface area contributed by atoms with Crippen molar-refractivity contribution < 1.29 is 9.59 Å². The Morgan fingerprint density at radius 2 is 1.77 bits per heavy atom. The highest BCUT2D eigenvalue weighted by Gasteiger charge is 2.08. The van der Waals surface area contributed by atoms with E-state index in [1.165, 1.54) is 6.92 Å². The molecule has 22 heavy (non-hydrogen) atoms. The summed E-state index contributed by atoms with van der Waals surface area (Å²) in [5.74, 6) is -0.564. The number of carbonyl (C=O) groups is 2. The molecule has 0 heterocycles. The van der Waals surface area contributed by atoms with E-state index in [1.54, 1.807) is 48.5 Å². The molecule has 1 amide bonds. The lowest BCUT2D eigenvalue weighted by molar-refractivity contribution is 0.0997. The Kier molecular flexibility index (Phi) is 4.85. The van der Waals surface area contributed by atoms with Crippen LogP contribution in [0.3, 0.4) is 0 Å². The molecule has 2 rings (SSSR count). The lowest BCUT2D eigenvalue weighted by atomic mass is 10.1. The number of rotatable bonds is 4. The van der Waals surface area contributed by atoms with Crippen LogP contribution in [0.1, 0.15) is 27.6 Å². The van der Waals surface area contributed by atoms with Gasteiger partial charge in [0.1, 0.15) is 0 Å². The van der Waals surface area contributed by atoms with Crippen molar-refractivity contribution in [1.29, 1.82) is 0 Å². The van der Waals surface area contributed by atoms with Gasteiger partial charge in [0.25, 0.3) is 5.91 Å². The van der Waals surface area contributed by atoms with Crippen molar-refractivity contribution in [3.05, 3.63) is 59.7 Å². The van der Waals surface area contributed by atoms with Crippen LogP contribution >= 0.6 is 12.2 Å². The van der Waals surface area contributed by atoms with Crippen LogP contribution in [-0.4, -0.2) is 16.8 Å². The van der Waals surface area contributed by atoms with Gasteiger partial charge >= 0.3 is 0 Å². The normalized spacial score (nSPS) is 9.86. The quantitative estimate of drug-likeness (QED) is 0.597. The first-order valence-corrected chi connectivity index (χ1v) is 6.96. The fourth-order valence-corrected chi connectivity index (χ4v) is 2.14. The molecular formula is C16H15N3O2S. The first-order chi connectivity index (χ1) is 10.5. The van der Waals surface area contributed by atoms with Gasteiger partial charge < -0.3 is 16.4 Å². The maximum atomic E-state index is 11.4. The maximum absolute atomic E-state index is 11.4. The number of anilines is 2. The lowest BCUT2D eigenvalue weighted by Gasteiger charge is -2.13. The fourth-order valence-electron chi connectivity index (χ4n) is 1.91. The van der Waals surface area contributed by atoms with Gasteiger partial charge in [-0.25, -0.2) is 0 Å². The molecule has 0 radical (unpaired) electrons. The van der Waals surface area contributed by atoms with Crippen LogP contribution in [-0.2, 0) is 0 Å². The molecule has 0 fully saturated rings. The largest absolute Gasteiger partial charge is 0.366 e. The van der Waals surface area contributed by atoms with Gasteiger partial charge in [0.2, 0.25) is 0 Å². The molecular weight excluding hydrogens is 298 g/mol. The van der Waals surface area contributed by atoms with Crippen LogP contribution in [0.4, 0.5) is 11.4 Å². The van der Waals surface area contributed by atoms with Crippen LogP contribution in [0.15, 0.2) is 48.5 Å².